The van der Waals surface area contributed by atoms with Gasteiger partial charge in [0.1, 0.15) is 12.6 Å². The number of anilines is 1. The molecule has 40 heavy (non-hydrogen) atoms. The van der Waals surface area contributed by atoms with Gasteiger partial charge in [0.15, 0.2) is 0 Å². The fourth-order valence-electron chi connectivity index (χ4n) is 4.51. The summed E-state index contributed by atoms with van der Waals surface area (Å²) in [5, 5.41) is 3.44. The fraction of sp³-hybridized carbons (Fsp3) is 0.355. The molecule has 214 valence electrons. The SMILES string of the molecule is CCCNC(=O)[C@@H](CC)N(Cc1ccc(Cl)cc1)C(=O)CN(c1ccc(C)cc1C)S(=O)(=O)c1ccc(C)cc1. The summed E-state index contributed by atoms with van der Waals surface area (Å²) in [6.45, 7) is 9.56. The van der Waals surface area contributed by atoms with Crippen LogP contribution in [0.4, 0.5) is 5.69 Å². The molecule has 1 N–H and O–H groups in total. The Morgan fingerprint density at radius 3 is 2.10 bits per heavy atom. The lowest BCUT2D eigenvalue weighted by atomic mass is 10.1. The van der Waals surface area contributed by atoms with E-state index in [0.717, 1.165) is 33.0 Å². The maximum absolute atomic E-state index is 14.1. The van der Waals surface area contributed by atoms with Crippen molar-refractivity contribution < 1.29 is 18.0 Å². The molecule has 3 aromatic rings. The molecule has 0 spiro atoms. The molecule has 0 aliphatic rings. The summed E-state index contributed by atoms with van der Waals surface area (Å²) in [5.41, 5.74) is 3.81. The second-order valence-corrected chi connectivity index (χ2v) is 12.3. The van der Waals surface area contributed by atoms with E-state index in [1.165, 1.54) is 4.90 Å². The summed E-state index contributed by atoms with van der Waals surface area (Å²) in [4.78, 5) is 28.8. The summed E-state index contributed by atoms with van der Waals surface area (Å²) in [6.07, 6.45) is 1.12. The molecule has 0 bridgehead atoms. The summed E-state index contributed by atoms with van der Waals surface area (Å²) < 4.78 is 29.2. The van der Waals surface area contributed by atoms with Gasteiger partial charge in [-0.05, 0) is 75.1 Å². The number of nitrogens with one attached hydrogen (secondary N) is 1. The van der Waals surface area contributed by atoms with Crippen molar-refractivity contribution in [3.05, 3.63) is 94.0 Å². The molecule has 0 saturated carbocycles. The lowest BCUT2D eigenvalue weighted by Crippen LogP contribution is -2.52. The number of nitrogens with zero attached hydrogens (tertiary/aromatic N) is 2. The van der Waals surface area contributed by atoms with E-state index in [9.17, 15) is 18.0 Å². The van der Waals surface area contributed by atoms with Gasteiger partial charge in [-0.2, -0.15) is 0 Å². The fourth-order valence-corrected chi connectivity index (χ4v) is 6.11. The van der Waals surface area contributed by atoms with E-state index < -0.39 is 28.5 Å². The van der Waals surface area contributed by atoms with Crippen molar-refractivity contribution in [3.8, 4) is 0 Å². The molecule has 2 amide bonds. The molecule has 0 aliphatic carbocycles. The molecule has 7 nitrogen and oxygen atoms in total. The summed E-state index contributed by atoms with van der Waals surface area (Å²) in [5.74, 6) is -0.754. The Morgan fingerprint density at radius 2 is 1.52 bits per heavy atom. The third-order valence-electron chi connectivity index (χ3n) is 6.71. The molecule has 0 heterocycles. The van der Waals surface area contributed by atoms with Gasteiger partial charge in [-0.3, -0.25) is 13.9 Å². The summed E-state index contributed by atoms with van der Waals surface area (Å²) in [7, 11) is -4.11. The van der Waals surface area contributed by atoms with Crippen molar-refractivity contribution in [3.63, 3.8) is 0 Å². The van der Waals surface area contributed by atoms with Gasteiger partial charge in [-0.1, -0.05) is 73.0 Å². The zero-order valence-corrected chi connectivity index (χ0v) is 25.3. The summed E-state index contributed by atoms with van der Waals surface area (Å²) in [6, 6.07) is 18.2. The minimum atomic E-state index is -4.11. The van der Waals surface area contributed by atoms with Crippen LogP contribution in [0, 0.1) is 20.8 Å². The van der Waals surface area contributed by atoms with Crippen LogP contribution >= 0.6 is 11.6 Å². The van der Waals surface area contributed by atoms with Crippen molar-refractivity contribution in [1.82, 2.24) is 10.2 Å². The molecule has 0 aliphatic heterocycles. The number of hydrogen-bond donors (Lipinski definition) is 1. The van der Waals surface area contributed by atoms with Crippen LogP contribution in [0.5, 0.6) is 0 Å². The van der Waals surface area contributed by atoms with Crippen LogP contribution in [-0.4, -0.2) is 44.3 Å². The van der Waals surface area contributed by atoms with E-state index in [4.69, 9.17) is 11.6 Å². The van der Waals surface area contributed by atoms with Gasteiger partial charge in [0.2, 0.25) is 11.8 Å². The zero-order chi connectivity index (χ0) is 29.4. The molecule has 0 unspecified atom stereocenters. The van der Waals surface area contributed by atoms with E-state index >= 15 is 0 Å². The second kappa shape index (κ2) is 13.8. The number of benzene rings is 3. The van der Waals surface area contributed by atoms with Gasteiger partial charge in [0, 0.05) is 18.1 Å². The van der Waals surface area contributed by atoms with Gasteiger partial charge in [-0.15, -0.1) is 0 Å². The molecule has 0 saturated heterocycles. The molecule has 0 fully saturated rings. The Labute approximate surface area is 243 Å². The first-order chi connectivity index (χ1) is 19.0. The van der Waals surface area contributed by atoms with Crippen LogP contribution < -0.4 is 9.62 Å². The summed E-state index contributed by atoms with van der Waals surface area (Å²) >= 11 is 6.07. The van der Waals surface area contributed by atoms with E-state index in [1.807, 2.05) is 46.8 Å². The number of carbonyl (C=O) groups excluding carboxylic acids is 2. The lowest BCUT2D eigenvalue weighted by Gasteiger charge is -2.33. The number of sulfonamides is 1. The third-order valence-corrected chi connectivity index (χ3v) is 8.74. The van der Waals surface area contributed by atoms with Crippen LogP contribution in [0.15, 0.2) is 71.6 Å². The average molecular weight is 584 g/mol. The zero-order valence-electron chi connectivity index (χ0n) is 23.8. The highest BCUT2D eigenvalue weighted by Crippen LogP contribution is 2.28. The standard InChI is InChI=1S/C31H38ClN3O4S/c1-6-18-33-31(37)28(7-2)34(20-25-11-13-26(32)14-12-25)30(36)21-35(29-17-10-23(4)19-24(29)5)40(38,39)27-15-8-22(3)9-16-27/h8-17,19,28H,6-7,18,20-21H2,1-5H3,(H,33,37)/t28-/m1/s1. The Balaban J connectivity index is 2.08. The van der Waals surface area contributed by atoms with Crippen LogP contribution in [0.3, 0.4) is 0 Å². The first-order valence-corrected chi connectivity index (χ1v) is 15.3. The van der Waals surface area contributed by atoms with Crippen LogP contribution in [0.2, 0.25) is 5.02 Å². The number of amides is 2. The highest BCUT2D eigenvalue weighted by molar-refractivity contribution is 7.92. The molecule has 1 atom stereocenters. The topological polar surface area (TPSA) is 86.8 Å². The normalized spacial score (nSPS) is 12.1. The third kappa shape index (κ3) is 7.64. The van der Waals surface area contributed by atoms with Crippen molar-refractivity contribution in [2.24, 2.45) is 0 Å². The largest absolute Gasteiger partial charge is 0.354 e. The number of rotatable bonds is 12. The van der Waals surface area contributed by atoms with E-state index in [0.29, 0.717) is 23.7 Å². The minimum absolute atomic E-state index is 0.0860. The molecular weight excluding hydrogens is 546 g/mol. The molecule has 0 radical (unpaired) electrons. The molecule has 3 aromatic carbocycles. The maximum Gasteiger partial charge on any atom is 0.264 e. The number of halogens is 1. The first-order valence-electron chi connectivity index (χ1n) is 13.5. The van der Waals surface area contributed by atoms with Gasteiger partial charge < -0.3 is 10.2 Å². The minimum Gasteiger partial charge on any atom is -0.354 e. The molecular formula is C31H38ClN3O4S. The predicted octanol–water partition coefficient (Wildman–Crippen LogP) is 5.79. The first kappa shape index (κ1) is 31.2. The van der Waals surface area contributed by atoms with E-state index in [1.54, 1.807) is 54.6 Å². The molecule has 9 heteroatoms. The number of carbonyl (C=O) groups is 2. The Bertz CT molecular complexity index is 1420. The van der Waals surface area contributed by atoms with E-state index in [-0.39, 0.29) is 17.3 Å². The van der Waals surface area contributed by atoms with Crippen molar-refractivity contribution >= 4 is 39.1 Å². The van der Waals surface area contributed by atoms with Crippen LogP contribution in [-0.2, 0) is 26.2 Å². The monoisotopic (exact) mass is 583 g/mol. The van der Waals surface area contributed by atoms with E-state index in [2.05, 4.69) is 5.32 Å². The van der Waals surface area contributed by atoms with Crippen molar-refractivity contribution in [1.29, 1.82) is 0 Å². The highest BCUT2D eigenvalue weighted by Gasteiger charge is 2.34. The Hall–Kier alpha value is -3.36. The smallest absolute Gasteiger partial charge is 0.264 e. The second-order valence-electron chi connectivity index (χ2n) is 9.98. The number of hydrogen-bond acceptors (Lipinski definition) is 4. The van der Waals surface area contributed by atoms with Crippen molar-refractivity contribution in [2.45, 2.75) is 64.9 Å². The maximum atomic E-state index is 14.1. The van der Waals surface area contributed by atoms with Gasteiger partial charge in [0.05, 0.1) is 10.6 Å². The van der Waals surface area contributed by atoms with Crippen molar-refractivity contribution in [2.75, 3.05) is 17.4 Å². The highest BCUT2D eigenvalue weighted by atomic mass is 35.5. The molecule has 0 aromatic heterocycles. The number of aryl methyl sites for hydroxylation is 3. The Morgan fingerprint density at radius 1 is 0.900 bits per heavy atom. The predicted molar refractivity (Wildman–Crippen MR) is 161 cm³/mol. The Kier molecular flexibility index (Phi) is 10.8. The van der Waals surface area contributed by atoms with Gasteiger partial charge in [-0.25, -0.2) is 8.42 Å². The van der Waals surface area contributed by atoms with Gasteiger partial charge >= 0.3 is 0 Å². The van der Waals surface area contributed by atoms with Crippen LogP contribution in [0.1, 0.15) is 48.9 Å². The lowest BCUT2D eigenvalue weighted by molar-refractivity contribution is -0.140. The van der Waals surface area contributed by atoms with Gasteiger partial charge in [0.25, 0.3) is 10.0 Å². The van der Waals surface area contributed by atoms with Crippen LogP contribution in [0.25, 0.3) is 0 Å². The molecule has 3 rings (SSSR count). The average Bonchev–Trinajstić information content (AvgIpc) is 2.92. The quantitative estimate of drug-likeness (QED) is 0.292.